The molecule has 55 heavy (non-hydrogen) atoms. The van der Waals surface area contributed by atoms with Gasteiger partial charge in [0, 0.05) is 6.42 Å². The zero-order valence-corrected chi connectivity index (χ0v) is 36.4. The molecule has 0 rings (SSSR count). The molecule has 318 valence electrons. The third kappa shape index (κ3) is 42.8. The average Bonchev–Trinajstić information content (AvgIpc) is 3.19. The van der Waals surface area contributed by atoms with Gasteiger partial charge in [0.2, 0.25) is 5.91 Å². The molecule has 1 amide bonds. The van der Waals surface area contributed by atoms with Crippen LogP contribution in [0.4, 0.5) is 0 Å². The minimum atomic E-state index is -0.872. The van der Waals surface area contributed by atoms with Crippen LogP contribution in [0.5, 0.6) is 0 Å². The smallest absolute Gasteiger partial charge is 0.220 e. The first kappa shape index (κ1) is 52.8. The Morgan fingerprint density at radius 1 is 0.436 bits per heavy atom. The lowest BCUT2D eigenvalue weighted by atomic mass is 10.0. The van der Waals surface area contributed by atoms with Gasteiger partial charge >= 0.3 is 0 Å². The van der Waals surface area contributed by atoms with Crippen molar-refractivity contribution in [3.05, 3.63) is 72.9 Å². The summed E-state index contributed by atoms with van der Waals surface area (Å²) in [5.41, 5.74) is 0. The van der Waals surface area contributed by atoms with Crippen LogP contribution in [0.2, 0.25) is 0 Å². The first-order valence-electron chi connectivity index (χ1n) is 23.7. The van der Waals surface area contributed by atoms with E-state index in [1.165, 1.54) is 154 Å². The van der Waals surface area contributed by atoms with E-state index >= 15 is 0 Å². The SMILES string of the molecule is CCCCCC/C=C/CC/C=C/CC/C=C/C(O)C(CO)NC(=O)CCCCCCCCCCCCCCCC/C=C\C/C=C\C/C=C\CCCCCCC. The second-order valence-electron chi connectivity index (χ2n) is 15.8. The predicted octanol–water partition coefficient (Wildman–Crippen LogP) is 15.1. The normalized spacial score (nSPS) is 13.6. The summed E-state index contributed by atoms with van der Waals surface area (Å²) in [5, 5.41) is 23.0. The third-order valence-electron chi connectivity index (χ3n) is 10.4. The van der Waals surface area contributed by atoms with E-state index in [1.807, 2.05) is 6.08 Å². The monoisotopic (exact) mass is 766 g/mol. The molecule has 0 fully saturated rings. The van der Waals surface area contributed by atoms with Crippen molar-refractivity contribution >= 4 is 5.91 Å². The minimum absolute atomic E-state index is 0.0813. The molecule has 2 unspecified atom stereocenters. The largest absolute Gasteiger partial charge is 0.394 e. The number of carbonyl (C=O) groups excluding carboxylic acids is 1. The molecule has 0 radical (unpaired) electrons. The van der Waals surface area contributed by atoms with Gasteiger partial charge < -0.3 is 15.5 Å². The van der Waals surface area contributed by atoms with Crippen LogP contribution in [0.1, 0.15) is 226 Å². The lowest BCUT2D eigenvalue weighted by molar-refractivity contribution is -0.123. The lowest BCUT2D eigenvalue weighted by Gasteiger charge is -2.19. The van der Waals surface area contributed by atoms with E-state index in [0.29, 0.717) is 6.42 Å². The van der Waals surface area contributed by atoms with Crippen molar-refractivity contribution in [1.82, 2.24) is 5.32 Å². The standard InChI is InChI=1S/C51H91NO3/c1-3-5-7-9-11-13-15-17-19-20-21-22-23-24-25-26-27-28-29-30-31-32-33-35-37-39-41-43-45-47-51(55)52-49(48-53)50(54)46-44-42-40-38-36-34-18-16-14-12-10-8-6-4-2/h14-17,20-21,23-24,36,38,44,46,49-50,53-54H,3-13,18-19,22,25-35,37,39-43,45,47-48H2,1-2H3,(H,52,55)/b16-14+,17-15-,21-20-,24-23-,38-36+,46-44+. The molecule has 0 aliphatic rings. The van der Waals surface area contributed by atoms with E-state index in [9.17, 15) is 15.0 Å². The van der Waals surface area contributed by atoms with Crippen molar-refractivity contribution in [2.45, 2.75) is 238 Å². The van der Waals surface area contributed by atoms with E-state index < -0.39 is 12.1 Å². The van der Waals surface area contributed by atoms with Crippen molar-refractivity contribution in [1.29, 1.82) is 0 Å². The maximum absolute atomic E-state index is 12.4. The number of amides is 1. The fourth-order valence-corrected chi connectivity index (χ4v) is 6.75. The fourth-order valence-electron chi connectivity index (χ4n) is 6.75. The third-order valence-corrected chi connectivity index (χ3v) is 10.4. The van der Waals surface area contributed by atoms with Crippen molar-refractivity contribution < 1.29 is 15.0 Å². The molecule has 0 aliphatic carbocycles. The number of unbranched alkanes of at least 4 members (excludes halogenated alkanes) is 25. The van der Waals surface area contributed by atoms with Crippen LogP contribution in [0.25, 0.3) is 0 Å². The van der Waals surface area contributed by atoms with Gasteiger partial charge in [0.25, 0.3) is 0 Å². The number of aliphatic hydroxyl groups excluding tert-OH is 2. The molecule has 2 atom stereocenters. The molecule has 0 bridgehead atoms. The maximum atomic E-state index is 12.4. The quantitative estimate of drug-likeness (QED) is 0.0428. The second kappa shape index (κ2) is 46.2. The summed E-state index contributed by atoms with van der Waals surface area (Å²) in [5.74, 6) is -0.0813. The van der Waals surface area contributed by atoms with Crippen LogP contribution in [0.15, 0.2) is 72.9 Å². The Bertz CT molecular complexity index is 961. The van der Waals surface area contributed by atoms with E-state index in [4.69, 9.17) is 0 Å². The van der Waals surface area contributed by atoms with Gasteiger partial charge in [0.15, 0.2) is 0 Å². The summed E-state index contributed by atoms with van der Waals surface area (Å²) in [7, 11) is 0. The molecule has 4 nitrogen and oxygen atoms in total. The zero-order valence-electron chi connectivity index (χ0n) is 36.4. The highest BCUT2D eigenvalue weighted by molar-refractivity contribution is 5.76. The van der Waals surface area contributed by atoms with Gasteiger partial charge in [-0.25, -0.2) is 0 Å². The van der Waals surface area contributed by atoms with Gasteiger partial charge in [-0.15, -0.1) is 0 Å². The second-order valence-corrected chi connectivity index (χ2v) is 15.8. The maximum Gasteiger partial charge on any atom is 0.220 e. The lowest BCUT2D eigenvalue weighted by Crippen LogP contribution is -2.45. The Hall–Kier alpha value is -2.17. The molecule has 0 saturated carbocycles. The van der Waals surface area contributed by atoms with Crippen molar-refractivity contribution in [2.24, 2.45) is 0 Å². The molecule has 0 heterocycles. The van der Waals surface area contributed by atoms with E-state index in [1.54, 1.807) is 6.08 Å². The highest BCUT2D eigenvalue weighted by atomic mass is 16.3. The summed E-state index contributed by atoms with van der Waals surface area (Å²) in [4.78, 5) is 12.4. The summed E-state index contributed by atoms with van der Waals surface area (Å²) < 4.78 is 0. The average molecular weight is 766 g/mol. The number of hydrogen-bond acceptors (Lipinski definition) is 3. The predicted molar refractivity (Wildman–Crippen MR) is 244 cm³/mol. The molecule has 0 aromatic heterocycles. The number of aliphatic hydroxyl groups is 2. The summed E-state index contributed by atoms with van der Waals surface area (Å²) in [6.45, 7) is 4.25. The van der Waals surface area contributed by atoms with E-state index in [-0.39, 0.29) is 12.5 Å². The number of nitrogens with one attached hydrogen (secondary N) is 1. The molecular weight excluding hydrogens is 675 g/mol. The Kier molecular flexibility index (Phi) is 44.4. The van der Waals surface area contributed by atoms with Gasteiger partial charge in [-0.2, -0.15) is 0 Å². The first-order chi connectivity index (χ1) is 27.2. The molecule has 0 aromatic rings. The van der Waals surface area contributed by atoms with Gasteiger partial charge in [0.05, 0.1) is 18.8 Å². The fraction of sp³-hybridized carbons (Fsp3) is 0.745. The zero-order chi connectivity index (χ0) is 40.0. The van der Waals surface area contributed by atoms with Gasteiger partial charge in [-0.3, -0.25) is 4.79 Å². The minimum Gasteiger partial charge on any atom is -0.394 e. The Labute approximate surface area is 342 Å². The van der Waals surface area contributed by atoms with E-state index in [2.05, 4.69) is 79.9 Å². The summed E-state index contributed by atoms with van der Waals surface area (Å²) >= 11 is 0. The topological polar surface area (TPSA) is 69.6 Å². The van der Waals surface area contributed by atoms with Gasteiger partial charge in [-0.1, -0.05) is 209 Å². The highest BCUT2D eigenvalue weighted by Gasteiger charge is 2.17. The van der Waals surface area contributed by atoms with Gasteiger partial charge in [0.1, 0.15) is 0 Å². The molecule has 0 spiro atoms. The van der Waals surface area contributed by atoms with E-state index in [0.717, 1.165) is 51.4 Å². The number of rotatable bonds is 42. The molecule has 0 aliphatic heterocycles. The number of allylic oxidation sites excluding steroid dienone is 11. The summed E-state index contributed by atoms with van der Waals surface area (Å²) in [6.07, 6.45) is 65.9. The first-order valence-corrected chi connectivity index (χ1v) is 23.7. The molecular formula is C51H91NO3. The molecule has 0 aromatic carbocycles. The Morgan fingerprint density at radius 2 is 0.764 bits per heavy atom. The molecule has 3 N–H and O–H groups in total. The van der Waals surface area contributed by atoms with Crippen LogP contribution < -0.4 is 5.32 Å². The molecule has 0 saturated heterocycles. The van der Waals surface area contributed by atoms with Crippen molar-refractivity contribution in [3.63, 3.8) is 0 Å². The van der Waals surface area contributed by atoms with Crippen molar-refractivity contribution in [3.8, 4) is 0 Å². The highest BCUT2D eigenvalue weighted by Crippen LogP contribution is 2.14. The number of carbonyl (C=O) groups is 1. The van der Waals surface area contributed by atoms with Gasteiger partial charge in [-0.05, 0) is 83.5 Å². The van der Waals surface area contributed by atoms with Crippen molar-refractivity contribution in [2.75, 3.05) is 6.61 Å². The van der Waals surface area contributed by atoms with Crippen LogP contribution in [0.3, 0.4) is 0 Å². The summed E-state index contributed by atoms with van der Waals surface area (Å²) in [6, 6.07) is -0.648. The molecule has 4 heteroatoms. The van der Waals surface area contributed by atoms with Crippen LogP contribution in [-0.2, 0) is 4.79 Å². The van der Waals surface area contributed by atoms with Crippen LogP contribution >= 0.6 is 0 Å². The Balaban J connectivity index is 3.56. The van der Waals surface area contributed by atoms with Crippen LogP contribution in [-0.4, -0.2) is 34.9 Å². The van der Waals surface area contributed by atoms with Crippen LogP contribution in [0, 0.1) is 0 Å². The number of hydrogen-bond donors (Lipinski definition) is 3. The Morgan fingerprint density at radius 3 is 1.20 bits per heavy atom.